The molecule has 0 unspecified atom stereocenters. The van der Waals surface area contributed by atoms with E-state index in [4.69, 9.17) is 10.3 Å². The number of sulfonamides is 1. The van der Waals surface area contributed by atoms with Crippen LogP contribution in [0, 0.1) is 0 Å². The predicted octanol–water partition coefficient (Wildman–Crippen LogP) is 1.16. The van der Waals surface area contributed by atoms with Gasteiger partial charge in [0.05, 0.1) is 18.1 Å². The molecule has 1 fully saturated rings. The predicted molar refractivity (Wildman–Crippen MR) is 69.5 cm³/mol. The fourth-order valence-corrected chi connectivity index (χ4v) is 3.21. The molecule has 1 aromatic rings. The van der Waals surface area contributed by atoms with Crippen LogP contribution in [0.3, 0.4) is 0 Å². The number of rotatable bonds is 3. The molecule has 0 spiro atoms. The van der Waals surface area contributed by atoms with Gasteiger partial charge in [-0.3, -0.25) is 4.79 Å². The molecular weight excluding hydrogens is 284 g/mol. The second-order valence-corrected chi connectivity index (χ2v) is 5.97. The largest absolute Gasteiger partial charge is 0.379 e. The number of hydrogen-bond acceptors (Lipinski definition) is 4. The summed E-state index contributed by atoms with van der Waals surface area (Å²) < 4.78 is 31.0. The minimum atomic E-state index is -3.58. The highest BCUT2D eigenvalue weighted by Gasteiger charge is 2.26. The van der Waals surface area contributed by atoms with Gasteiger partial charge in [0.25, 0.3) is 0 Å². The van der Waals surface area contributed by atoms with Crippen molar-refractivity contribution in [2.75, 3.05) is 26.3 Å². The molecule has 106 valence electrons. The Labute approximate surface area is 115 Å². The molecular formula is C11H12N4O4S. The topological polar surface area (TPSA) is 112 Å². The highest BCUT2D eigenvalue weighted by Crippen LogP contribution is 2.18. The summed E-state index contributed by atoms with van der Waals surface area (Å²) in [6.07, 6.45) is 0. The first kappa shape index (κ1) is 14.5. The van der Waals surface area contributed by atoms with Gasteiger partial charge in [-0.05, 0) is 34.9 Å². The molecule has 0 saturated carbocycles. The molecule has 1 amide bonds. The van der Waals surface area contributed by atoms with E-state index in [2.05, 4.69) is 10.0 Å². The number of azide groups is 1. The van der Waals surface area contributed by atoms with E-state index in [1.165, 1.54) is 28.6 Å². The standard InChI is InChI=1S/C11H12N4O4S/c12-14-13-11(16)9-1-3-10(4-2-9)20(17,18)15-5-7-19-8-6-15/h1-4H,5-8H2. The van der Waals surface area contributed by atoms with Gasteiger partial charge in [-0.15, -0.1) is 0 Å². The second-order valence-electron chi connectivity index (χ2n) is 4.04. The van der Waals surface area contributed by atoms with Gasteiger partial charge < -0.3 is 4.74 Å². The highest BCUT2D eigenvalue weighted by molar-refractivity contribution is 7.89. The summed E-state index contributed by atoms with van der Waals surface area (Å²) in [7, 11) is -3.58. The molecule has 1 aromatic carbocycles. The summed E-state index contributed by atoms with van der Waals surface area (Å²) >= 11 is 0. The van der Waals surface area contributed by atoms with E-state index >= 15 is 0 Å². The summed E-state index contributed by atoms with van der Waals surface area (Å²) in [5.41, 5.74) is 8.32. The van der Waals surface area contributed by atoms with Crippen LogP contribution in [-0.4, -0.2) is 44.9 Å². The molecule has 0 atom stereocenters. The first-order chi connectivity index (χ1) is 9.55. The van der Waals surface area contributed by atoms with Crippen molar-refractivity contribution in [2.24, 2.45) is 5.11 Å². The fraction of sp³-hybridized carbons (Fsp3) is 0.364. The van der Waals surface area contributed by atoms with Crippen LogP contribution in [0.1, 0.15) is 10.4 Å². The summed E-state index contributed by atoms with van der Waals surface area (Å²) in [6.45, 7) is 1.35. The van der Waals surface area contributed by atoms with Crippen molar-refractivity contribution in [2.45, 2.75) is 4.90 Å². The minimum absolute atomic E-state index is 0.0943. The van der Waals surface area contributed by atoms with Gasteiger partial charge in [0.15, 0.2) is 0 Å². The van der Waals surface area contributed by atoms with Crippen LogP contribution in [0.2, 0.25) is 0 Å². The average molecular weight is 296 g/mol. The highest BCUT2D eigenvalue weighted by atomic mass is 32.2. The van der Waals surface area contributed by atoms with Crippen LogP contribution in [0.25, 0.3) is 10.4 Å². The smallest absolute Gasteiger partial charge is 0.249 e. The van der Waals surface area contributed by atoms with Crippen molar-refractivity contribution in [1.29, 1.82) is 0 Å². The molecule has 0 aromatic heterocycles. The number of morpholine rings is 1. The maximum Gasteiger partial charge on any atom is 0.249 e. The van der Waals surface area contributed by atoms with Gasteiger partial charge in [0, 0.05) is 23.6 Å². The molecule has 0 radical (unpaired) electrons. The Morgan fingerprint density at radius 3 is 2.40 bits per heavy atom. The molecule has 20 heavy (non-hydrogen) atoms. The monoisotopic (exact) mass is 296 g/mol. The first-order valence-electron chi connectivity index (χ1n) is 5.83. The summed E-state index contributed by atoms with van der Waals surface area (Å²) in [5, 5.41) is 2.94. The summed E-state index contributed by atoms with van der Waals surface area (Å²) in [5.74, 6) is -0.747. The van der Waals surface area contributed by atoms with Crippen LogP contribution in [0.15, 0.2) is 34.3 Å². The SMILES string of the molecule is [N-]=[N+]=NC(=O)c1ccc(S(=O)(=O)N2CCOCC2)cc1. The molecule has 9 heteroatoms. The molecule has 1 aliphatic heterocycles. The van der Waals surface area contributed by atoms with Crippen LogP contribution in [-0.2, 0) is 14.8 Å². The molecule has 1 saturated heterocycles. The zero-order chi connectivity index (χ0) is 14.6. The summed E-state index contributed by atoms with van der Waals surface area (Å²) in [6, 6.07) is 5.30. The third-order valence-corrected chi connectivity index (χ3v) is 4.76. The van der Waals surface area contributed by atoms with Crippen LogP contribution < -0.4 is 0 Å². The van der Waals surface area contributed by atoms with Gasteiger partial charge in [-0.25, -0.2) is 8.42 Å². The number of benzene rings is 1. The molecule has 1 heterocycles. The Morgan fingerprint density at radius 1 is 1.25 bits per heavy atom. The second kappa shape index (κ2) is 6.02. The van der Waals surface area contributed by atoms with E-state index in [0.717, 1.165) is 0 Å². The number of ether oxygens (including phenoxy) is 1. The van der Waals surface area contributed by atoms with Crippen molar-refractivity contribution in [1.82, 2.24) is 4.31 Å². The fourth-order valence-electron chi connectivity index (χ4n) is 1.80. The number of carbonyl (C=O) groups is 1. The molecule has 0 aliphatic carbocycles. The van der Waals surface area contributed by atoms with Crippen molar-refractivity contribution >= 4 is 15.9 Å². The Balaban J connectivity index is 2.24. The number of amides is 1. The molecule has 2 rings (SSSR count). The van der Waals surface area contributed by atoms with Gasteiger partial charge in [-0.1, -0.05) is 0 Å². The van der Waals surface area contributed by atoms with E-state index in [1.807, 2.05) is 0 Å². The average Bonchev–Trinajstić information content (AvgIpc) is 2.48. The van der Waals surface area contributed by atoms with E-state index in [1.54, 1.807) is 0 Å². The van der Waals surface area contributed by atoms with Gasteiger partial charge in [0.2, 0.25) is 15.9 Å². The summed E-state index contributed by atoms with van der Waals surface area (Å²) in [4.78, 5) is 13.8. The van der Waals surface area contributed by atoms with E-state index in [-0.39, 0.29) is 10.5 Å². The van der Waals surface area contributed by atoms with Crippen LogP contribution >= 0.6 is 0 Å². The van der Waals surface area contributed by atoms with E-state index in [9.17, 15) is 13.2 Å². The molecule has 1 aliphatic rings. The number of nitrogens with zero attached hydrogens (tertiary/aromatic N) is 4. The Bertz CT molecular complexity index is 644. The molecule has 0 bridgehead atoms. The maximum atomic E-state index is 12.3. The lowest BCUT2D eigenvalue weighted by Crippen LogP contribution is -2.40. The zero-order valence-corrected chi connectivity index (χ0v) is 11.3. The molecule has 0 N–H and O–H groups in total. The van der Waals surface area contributed by atoms with Crippen LogP contribution in [0.5, 0.6) is 0 Å². The third-order valence-electron chi connectivity index (χ3n) is 2.84. The lowest BCUT2D eigenvalue weighted by Gasteiger charge is -2.26. The van der Waals surface area contributed by atoms with Gasteiger partial charge in [-0.2, -0.15) is 4.31 Å². The number of hydrogen-bond donors (Lipinski definition) is 0. The zero-order valence-electron chi connectivity index (χ0n) is 10.5. The van der Waals surface area contributed by atoms with E-state index < -0.39 is 15.9 Å². The lowest BCUT2D eigenvalue weighted by molar-refractivity contribution is 0.0730. The number of carbonyl (C=O) groups excluding carboxylic acids is 1. The first-order valence-corrected chi connectivity index (χ1v) is 7.27. The Hall–Kier alpha value is -1.93. The third kappa shape index (κ3) is 2.97. The lowest BCUT2D eigenvalue weighted by atomic mass is 10.2. The van der Waals surface area contributed by atoms with Crippen molar-refractivity contribution in [3.05, 3.63) is 40.3 Å². The van der Waals surface area contributed by atoms with Gasteiger partial charge >= 0.3 is 0 Å². The van der Waals surface area contributed by atoms with Crippen molar-refractivity contribution < 1.29 is 17.9 Å². The van der Waals surface area contributed by atoms with Crippen molar-refractivity contribution in [3.8, 4) is 0 Å². The normalized spacial score (nSPS) is 16.4. The molecule has 8 nitrogen and oxygen atoms in total. The Kier molecular flexibility index (Phi) is 4.35. The maximum absolute atomic E-state index is 12.3. The quantitative estimate of drug-likeness (QED) is 0.473. The van der Waals surface area contributed by atoms with Crippen molar-refractivity contribution in [3.63, 3.8) is 0 Å². The Morgan fingerprint density at radius 2 is 1.85 bits per heavy atom. The van der Waals surface area contributed by atoms with Crippen LogP contribution in [0.4, 0.5) is 0 Å². The van der Waals surface area contributed by atoms with Gasteiger partial charge in [0.1, 0.15) is 0 Å². The minimum Gasteiger partial charge on any atom is -0.379 e. The van der Waals surface area contributed by atoms with E-state index in [0.29, 0.717) is 26.3 Å².